The molecule has 0 spiro atoms. The van der Waals surface area contributed by atoms with Crippen LogP contribution < -0.4 is 15.6 Å². The Bertz CT molecular complexity index is 1670. The molecule has 5 aromatic rings. The van der Waals surface area contributed by atoms with Crippen molar-refractivity contribution in [2.24, 2.45) is 0 Å². The summed E-state index contributed by atoms with van der Waals surface area (Å²) in [7, 11) is -2.42. The maximum absolute atomic E-state index is 13.3. The summed E-state index contributed by atoms with van der Waals surface area (Å²) in [5.41, 5.74) is 3.38. The van der Waals surface area contributed by atoms with Crippen LogP contribution in [-0.2, 0) is 16.1 Å². The van der Waals surface area contributed by atoms with Gasteiger partial charge in [0.2, 0.25) is 0 Å². The van der Waals surface area contributed by atoms with Crippen LogP contribution in [0.1, 0.15) is 43.5 Å². The molecule has 1 saturated heterocycles. The van der Waals surface area contributed by atoms with Gasteiger partial charge in [0.15, 0.2) is 8.07 Å². The third-order valence-corrected chi connectivity index (χ3v) is 15.0. The molecule has 2 atom stereocenters. The van der Waals surface area contributed by atoms with Crippen molar-refractivity contribution in [3.63, 3.8) is 0 Å². The number of hydrogen-bond acceptors (Lipinski definition) is 3. The van der Waals surface area contributed by atoms with Gasteiger partial charge in [-0.05, 0) is 37.3 Å². The van der Waals surface area contributed by atoms with E-state index in [1.165, 1.54) is 21.1 Å². The second kappa shape index (κ2) is 13.2. The van der Waals surface area contributed by atoms with Gasteiger partial charge in [-0.2, -0.15) is 0 Å². The van der Waals surface area contributed by atoms with Crippen LogP contribution in [0.15, 0.2) is 152 Å². The van der Waals surface area contributed by atoms with E-state index >= 15 is 0 Å². The van der Waals surface area contributed by atoms with E-state index in [0.717, 1.165) is 11.1 Å². The van der Waals surface area contributed by atoms with Crippen LogP contribution in [0.4, 0.5) is 0 Å². The summed E-state index contributed by atoms with van der Waals surface area (Å²) >= 11 is 0. The van der Waals surface area contributed by atoms with Crippen molar-refractivity contribution in [1.82, 2.24) is 4.90 Å². The molecule has 4 heteroatoms. The number of nitrogens with zero attached hydrogens (tertiary/aromatic N) is 1. The molecule has 1 aliphatic heterocycles. The Hall–Kier alpha value is -4.51. The van der Waals surface area contributed by atoms with Crippen molar-refractivity contribution >= 4 is 35.7 Å². The summed E-state index contributed by atoms with van der Waals surface area (Å²) in [5, 5.41) is 4.20. The van der Waals surface area contributed by atoms with Crippen molar-refractivity contribution in [1.29, 1.82) is 0 Å². The third kappa shape index (κ3) is 6.22. The Balaban J connectivity index is 1.36. The number of cyclic esters (lactones) is 1. The van der Waals surface area contributed by atoms with E-state index in [9.17, 15) is 4.79 Å². The number of esters is 1. The number of carbonyl (C=O) groups excluding carboxylic acids is 1. The SMILES string of the molecule is CC(C)(C)[Si](c1ccccc1)(c1ccccc1)c1ccc(/C=C/[C@@H]2C(=O)OC[C@@H](c3ccccc3)N2Cc2ccccc2)cc1. The zero-order valence-corrected chi connectivity index (χ0v) is 27.3. The normalized spacial score (nSPS) is 17.7. The van der Waals surface area contributed by atoms with Crippen LogP contribution in [0.2, 0.25) is 5.04 Å². The number of rotatable bonds is 8. The van der Waals surface area contributed by atoms with Crippen LogP contribution in [0, 0.1) is 0 Å². The Morgan fingerprint density at radius 2 is 1.18 bits per heavy atom. The van der Waals surface area contributed by atoms with E-state index in [1.54, 1.807) is 0 Å². The van der Waals surface area contributed by atoms with Crippen molar-refractivity contribution < 1.29 is 9.53 Å². The molecule has 5 aromatic carbocycles. The fourth-order valence-electron chi connectivity index (χ4n) is 7.05. The summed E-state index contributed by atoms with van der Waals surface area (Å²) in [5.74, 6) is -0.210. The highest BCUT2D eigenvalue weighted by Gasteiger charge is 2.49. The Morgan fingerprint density at radius 3 is 1.71 bits per heavy atom. The van der Waals surface area contributed by atoms with Crippen LogP contribution in [-0.4, -0.2) is 31.6 Å². The molecule has 0 aromatic heterocycles. The quantitative estimate of drug-likeness (QED) is 0.107. The molecular weight excluding hydrogens is 567 g/mol. The summed E-state index contributed by atoms with van der Waals surface area (Å²) in [6, 6.07) is 51.3. The molecule has 0 radical (unpaired) electrons. The first-order valence-corrected chi connectivity index (χ1v) is 17.8. The maximum Gasteiger partial charge on any atom is 0.327 e. The zero-order valence-electron chi connectivity index (χ0n) is 26.3. The summed E-state index contributed by atoms with van der Waals surface area (Å²) in [6.07, 6.45) is 4.09. The lowest BCUT2D eigenvalue weighted by Gasteiger charge is -2.44. The first kappa shape index (κ1) is 30.5. The van der Waals surface area contributed by atoms with Gasteiger partial charge in [0.1, 0.15) is 12.6 Å². The van der Waals surface area contributed by atoms with Crippen molar-refractivity contribution in [2.75, 3.05) is 6.61 Å². The number of morpholine rings is 1. The minimum absolute atomic E-state index is 0.0172. The second-order valence-corrected chi connectivity index (χ2v) is 17.6. The number of hydrogen-bond donors (Lipinski definition) is 0. The van der Waals surface area contributed by atoms with Gasteiger partial charge in [0, 0.05) is 6.54 Å². The number of ether oxygens (including phenoxy) is 1. The third-order valence-electron chi connectivity index (χ3n) is 9.13. The smallest absolute Gasteiger partial charge is 0.327 e. The van der Waals surface area contributed by atoms with Crippen LogP contribution in [0.3, 0.4) is 0 Å². The van der Waals surface area contributed by atoms with Gasteiger partial charge in [0.25, 0.3) is 0 Å². The Kier molecular flexibility index (Phi) is 8.97. The van der Waals surface area contributed by atoms with Crippen LogP contribution in [0.25, 0.3) is 6.08 Å². The molecule has 1 heterocycles. The van der Waals surface area contributed by atoms with Crippen molar-refractivity contribution in [2.45, 2.75) is 44.4 Å². The Morgan fingerprint density at radius 1 is 0.689 bits per heavy atom. The molecule has 1 fully saturated rings. The Labute approximate surface area is 268 Å². The topological polar surface area (TPSA) is 29.5 Å². The summed E-state index contributed by atoms with van der Waals surface area (Å²) in [6.45, 7) is 8.13. The fourth-order valence-corrected chi connectivity index (χ4v) is 12.7. The lowest BCUT2D eigenvalue weighted by Crippen LogP contribution is -2.72. The van der Waals surface area contributed by atoms with E-state index in [4.69, 9.17) is 4.74 Å². The molecule has 6 rings (SSSR count). The minimum atomic E-state index is -2.42. The molecule has 0 N–H and O–H groups in total. The monoisotopic (exact) mass is 607 g/mol. The van der Waals surface area contributed by atoms with Gasteiger partial charge in [-0.15, -0.1) is 0 Å². The number of benzene rings is 5. The molecule has 0 aliphatic carbocycles. The van der Waals surface area contributed by atoms with E-state index < -0.39 is 14.1 Å². The van der Waals surface area contributed by atoms with Crippen LogP contribution in [0.5, 0.6) is 0 Å². The molecule has 45 heavy (non-hydrogen) atoms. The number of carbonyl (C=O) groups is 1. The lowest BCUT2D eigenvalue weighted by atomic mass is 10.00. The predicted molar refractivity (Wildman–Crippen MR) is 189 cm³/mol. The van der Waals surface area contributed by atoms with Gasteiger partial charge in [0.05, 0.1) is 6.04 Å². The maximum atomic E-state index is 13.3. The first-order chi connectivity index (χ1) is 21.9. The van der Waals surface area contributed by atoms with Crippen molar-refractivity contribution in [3.05, 3.63) is 168 Å². The molecule has 3 nitrogen and oxygen atoms in total. The zero-order chi connectivity index (χ0) is 31.3. The van der Waals surface area contributed by atoms with Crippen molar-refractivity contribution in [3.8, 4) is 0 Å². The molecule has 0 unspecified atom stereocenters. The van der Waals surface area contributed by atoms with E-state index in [2.05, 4.69) is 141 Å². The van der Waals surface area contributed by atoms with E-state index in [-0.39, 0.29) is 17.0 Å². The highest BCUT2D eigenvalue weighted by atomic mass is 28.3. The van der Waals surface area contributed by atoms with Crippen LogP contribution >= 0.6 is 0 Å². The molecular formula is C41H41NO2Si. The van der Waals surface area contributed by atoms with Gasteiger partial charge in [-0.25, -0.2) is 4.79 Å². The highest BCUT2D eigenvalue weighted by Crippen LogP contribution is 2.36. The van der Waals surface area contributed by atoms with Gasteiger partial charge in [-0.1, -0.05) is 179 Å². The van der Waals surface area contributed by atoms with Gasteiger partial charge in [-0.3, -0.25) is 4.90 Å². The highest BCUT2D eigenvalue weighted by molar-refractivity contribution is 7.13. The average Bonchev–Trinajstić information content (AvgIpc) is 3.07. The van der Waals surface area contributed by atoms with Gasteiger partial charge < -0.3 is 4.74 Å². The second-order valence-electron chi connectivity index (χ2n) is 12.9. The van der Waals surface area contributed by atoms with E-state index in [1.807, 2.05) is 42.5 Å². The van der Waals surface area contributed by atoms with Gasteiger partial charge >= 0.3 is 5.97 Å². The molecule has 226 valence electrons. The minimum Gasteiger partial charge on any atom is -0.462 e. The average molecular weight is 608 g/mol. The lowest BCUT2D eigenvalue weighted by molar-refractivity contribution is -0.160. The first-order valence-electron chi connectivity index (χ1n) is 15.8. The molecule has 0 saturated carbocycles. The molecule has 0 amide bonds. The summed E-state index contributed by atoms with van der Waals surface area (Å²) < 4.78 is 5.79. The predicted octanol–water partition coefficient (Wildman–Crippen LogP) is 7.14. The largest absolute Gasteiger partial charge is 0.462 e. The summed E-state index contributed by atoms with van der Waals surface area (Å²) in [4.78, 5) is 15.6. The van der Waals surface area contributed by atoms with E-state index in [0.29, 0.717) is 13.2 Å². The molecule has 1 aliphatic rings. The molecule has 0 bridgehead atoms. The standard InChI is InChI=1S/C41H41NO2Si/c1-41(2,3)45(35-20-12-6-13-21-35,36-22-14-7-15-23-36)37-27-24-32(25-28-37)26-29-38-40(43)44-31-39(34-18-10-5-11-19-34)42(38)30-33-16-8-4-9-17-33/h4-29,38-39H,30-31H2,1-3H3/b29-26+/t38-,39+/m1/s1. The fraction of sp³-hybridized carbons (Fsp3) is 0.195.